The molecule has 1 aliphatic rings. The lowest BCUT2D eigenvalue weighted by atomic mass is 10.1. The van der Waals surface area contributed by atoms with E-state index in [1.807, 2.05) is 4.90 Å². The van der Waals surface area contributed by atoms with E-state index >= 15 is 0 Å². The molecule has 0 aliphatic carbocycles. The van der Waals surface area contributed by atoms with Gasteiger partial charge in [-0.05, 0) is 37.2 Å². The van der Waals surface area contributed by atoms with E-state index in [0.717, 1.165) is 25.9 Å². The van der Waals surface area contributed by atoms with Gasteiger partial charge in [0, 0.05) is 30.2 Å². The third-order valence-electron chi connectivity index (χ3n) is 4.29. The zero-order valence-electron chi connectivity index (χ0n) is 13.3. The number of amides is 1. The zero-order chi connectivity index (χ0) is 16.1. The molecule has 1 saturated heterocycles. The van der Waals surface area contributed by atoms with Crippen molar-refractivity contribution in [2.24, 2.45) is 0 Å². The van der Waals surface area contributed by atoms with Gasteiger partial charge in [-0.15, -0.1) is 0 Å². The number of hydrogen-bond donors (Lipinski definition) is 1. The minimum absolute atomic E-state index is 0.0212. The summed E-state index contributed by atoms with van der Waals surface area (Å²) >= 11 is 5.90. The van der Waals surface area contributed by atoms with Crippen LogP contribution in [-0.4, -0.2) is 59.1 Å². The van der Waals surface area contributed by atoms with Gasteiger partial charge in [-0.25, -0.2) is 0 Å². The number of hydrogen-bond acceptors (Lipinski definition) is 3. The first-order chi connectivity index (χ1) is 10.6. The Hall–Kier alpha value is -1.10. The van der Waals surface area contributed by atoms with Crippen molar-refractivity contribution in [1.29, 1.82) is 0 Å². The second kappa shape index (κ2) is 7.95. The number of carbonyl (C=O) groups excluding carboxylic acids is 1. The van der Waals surface area contributed by atoms with Crippen molar-refractivity contribution >= 4 is 17.5 Å². The maximum Gasteiger partial charge on any atom is 0.254 e. The number of rotatable bonds is 6. The van der Waals surface area contributed by atoms with E-state index in [2.05, 4.69) is 18.7 Å². The van der Waals surface area contributed by atoms with Crippen molar-refractivity contribution in [3.05, 3.63) is 34.9 Å². The van der Waals surface area contributed by atoms with Gasteiger partial charge in [0.15, 0.2) is 0 Å². The Morgan fingerprint density at radius 1 is 1.32 bits per heavy atom. The summed E-state index contributed by atoms with van der Waals surface area (Å²) in [6.07, 6.45) is 1.48. The van der Waals surface area contributed by atoms with E-state index in [-0.39, 0.29) is 11.9 Å². The average Bonchev–Trinajstić information content (AvgIpc) is 2.89. The SMILES string of the molecule is CCCCN(C(=O)c1ccc(Cl)cc1)[C@H]1CN(CC)C[C@@H]1O. The highest BCUT2D eigenvalue weighted by molar-refractivity contribution is 6.30. The number of aliphatic hydroxyl groups excluding tert-OH is 1. The first-order valence-electron chi connectivity index (χ1n) is 8.03. The third kappa shape index (κ3) is 4.00. The van der Waals surface area contributed by atoms with Crippen LogP contribution in [0, 0.1) is 0 Å². The number of carbonyl (C=O) groups is 1. The summed E-state index contributed by atoms with van der Waals surface area (Å²) in [7, 11) is 0. The molecule has 0 unspecified atom stereocenters. The molecule has 1 aliphatic heterocycles. The first kappa shape index (κ1) is 17.3. The molecule has 1 fully saturated rings. The number of halogens is 1. The molecule has 1 aromatic carbocycles. The highest BCUT2D eigenvalue weighted by atomic mass is 35.5. The summed E-state index contributed by atoms with van der Waals surface area (Å²) in [5.41, 5.74) is 0.627. The number of aliphatic hydroxyl groups is 1. The van der Waals surface area contributed by atoms with Gasteiger partial charge in [0.1, 0.15) is 0 Å². The lowest BCUT2D eigenvalue weighted by molar-refractivity contribution is 0.0500. The van der Waals surface area contributed by atoms with Crippen molar-refractivity contribution in [3.8, 4) is 0 Å². The summed E-state index contributed by atoms with van der Waals surface area (Å²) < 4.78 is 0. The monoisotopic (exact) mass is 324 g/mol. The Bertz CT molecular complexity index is 492. The van der Waals surface area contributed by atoms with Crippen LogP contribution in [0.4, 0.5) is 0 Å². The fourth-order valence-electron chi connectivity index (χ4n) is 2.92. The Morgan fingerprint density at radius 2 is 2.00 bits per heavy atom. The molecule has 1 N–H and O–H groups in total. The van der Waals surface area contributed by atoms with Crippen LogP contribution in [0.1, 0.15) is 37.0 Å². The van der Waals surface area contributed by atoms with Gasteiger partial charge in [0.25, 0.3) is 5.91 Å². The Kier molecular flexibility index (Phi) is 6.24. The van der Waals surface area contributed by atoms with Gasteiger partial charge in [-0.1, -0.05) is 31.9 Å². The topological polar surface area (TPSA) is 43.8 Å². The molecule has 0 radical (unpaired) electrons. The van der Waals surface area contributed by atoms with E-state index in [9.17, 15) is 9.90 Å². The first-order valence-corrected chi connectivity index (χ1v) is 8.41. The van der Waals surface area contributed by atoms with Crippen molar-refractivity contribution < 1.29 is 9.90 Å². The van der Waals surface area contributed by atoms with Gasteiger partial charge in [0.05, 0.1) is 12.1 Å². The molecule has 2 rings (SSSR count). The molecule has 1 amide bonds. The summed E-state index contributed by atoms with van der Waals surface area (Å²) in [5.74, 6) is -0.0212. The highest BCUT2D eigenvalue weighted by Gasteiger charge is 2.37. The number of likely N-dealkylation sites (N-methyl/N-ethyl adjacent to an activating group) is 1. The normalized spacial score (nSPS) is 22.0. The second-order valence-corrected chi connectivity index (χ2v) is 6.28. The number of nitrogens with zero attached hydrogens (tertiary/aromatic N) is 2. The highest BCUT2D eigenvalue weighted by Crippen LogP contribution is 2.20. The standard InChI is InChI=1S/C17H25ClN2O2/c1-3-5-10-20(15-11-19(4-2)12-16(15)21)17(22)13-6-8-14(18)9-7-13/h6-9,15-16,21H,3-5,10-12H2,1-2H3/t15-,16-/m0/s1. The molecular weight excluding hydrogens is 300 g/mol. The van der Waals surface area contributed by atoms with E-state index < -0.39 is 6.10 Å². The quantitative estimate of drug-likeness (QED) is 0.875. The zero-order valence-corrected chi connectivity index (χ0v) is 14.1. The van der Waals surface area contributed by atoms with Gasteiger partial charge in [-0.3, -0.25) is 9.69 Å². The Balaban J connectivity index is 2.18. The predicted molar refractivity (Wildman–Crippen MR) is 89.3 cm³/mol. The van der Waals surface area contributed by atoms with Crippen LogP contribution in [0.15, 0.2) is 24.3 Å². The smallest absolute Gasteiger partial charge is 0.254 e. The number of unbranched alkanes of at least 4 members (excludes halogenated alkanes) is 1. The van der Waals surface area contributed by atoms with Crippen molar-refractivity contribution in [2.75, 3.05) is 26.2 Å². The summed E-state index contributed by atoms with van der Waals surface area (Å²) in [4.78, 5) is 16.9. The van der Waals surface area contributed by atoms with Crippen molar-refractivity contribution in [1.82, 2.24) is 9.80 Å². The third-order valence-corrected chi connectivity index (χ3v) is 4.54. The molecule has 0 aromatic heterocycles. The van der Waals surface area contributed by atoms with Crippen LogP contribution >= 0.6 is 11.6 Å². The summed E-state index contributed by atoms with van der Waals surface area (Å²) in [5, 5.41) is 11.0. The second-order valence-electron chi connectivity index (χ2n) is 5.85. The minimum atomic E-state index is -0.479. The predicted octanol–water partition coefficient (Wildman–Crippen LogP) is 2.65. The van der Waals surface area contributed by atoms with Crippen molar-refractivity contribution in [3.63, 3.8) is 0 Å². The van der Waals surface area contributed by atoms with Crippen LogP contribution in [0.5, 0.6) is 0 Å². The van der Waals surface area contributed by atoms with Gasteiger partial charge >= 0.3 is 0 Å². The maximum absolute atomic E-state index is 12.8. The molecular formula is C17H25ClN2O2. The van der Waals surface area contributed by atoms with E-state index in [1.54, 1.807) is 24.3 Å². The lowest BCUT2D eigenvalue weighted by Crippen LogP contribution is -2.47. The van der Waals surface area contributed by atoms with Gasteiger partial charge < -0.3 is 10.0 Å². The van der Waals surface area contributed by atoms with E-state index in [1.165, 1.54) is 0 Å². The lowest BCUT2D eigenvalue weighted by Gasteiger charge is -2.31. The van der Waals surface area contributed by atoms with Crippen LogP contribution in [0.3, 0.4) is 0 Å². The molecule has 0 spiro atoms. The van der Waals surface area contributed by atoms with Crippen molar-refractivity contribution in [2.45, 2.75) is 38.8 Å². The molecule has 22 heavy (non-hydrogen) atoms. The molecule has 0 bridgehead atoms. The van der Waals surface area contributed by atoms with Crippen LogP contribution in [-0.2, 0) is 0 Å². The van der Waals surface area contributed by atoms with Gasteiger partial charge in [-0.2, -0.15) is 0 Å². The summed E-state index contributed by atoms with van der Waals surface area (Å²) in [6, 6.07) is 6.84. The Labute approximate surface area is 137 Å². The molecule has 0 saturated carbocycles. The van der Waals surface area contributed by atoms with E-state index in [4.69, 9.17) is 11.6 Å². The minimum Gasteiger partial charge on any atom is -0.390 e. The molecule has 122 valence electrons. The summed E-state index contributed by atoms with van der Waals surface area (Å²) in [6.45, 7) is 7.13. The molecule has 5 heteroatoms. The average molecular weight is 325 g/mol. The molecule has 1 aromatic rings. The largest absolute Gasteiger partial charge is 0.390 e. The van der Waals surface area contributed by atoms with Gasteiger partial charge in [0.2, 0.25) is 0 Å². The molecule has 4 nitrogen and oxygen atoms in total. The van der Waals surface area contributed by atoms with E-state index in [0.29, 0.717) is 23.7 Å². The fraction of sp³-hybridized carbons (Fsp3) is 0.588. The maximum atomic E-state index is 12.8. The fourth-order valence-corrected chi connectivity index (χ4v) is 3.04. The Morgan fingerprint density at radius 3 is 2.55 bits per heavy atom. The van der Waals surface area contributed by atoms with Crippen LogP contribution in [0.25, 0.3) is 0 Å². The number of benzene rings is 1. The molecule has 1 heterocycles. The number of likely N-dealkylation sites (tertiary alicyclic amines) is 1. The van der Waals surface area contributed by atoms with Crippen LogP contribution in [0.2, 0.25) is 5.02 Å². The number of β-amino-alcohol motifs (C(OH)–C–C–N with tert-alkyl or cyclic N) is 1. The van der Waals surface area contributed by atoms with Crippen LogP contribution < -0.4 is 0 Å². The molecule has 2 atom stereocenters.